The Bertz CT molecular complexity index is 1020. The standard InChI is InChI=1S/C19H15ClF3N3O4/c1-11-24-17(26-30-11)9-28-14-5-2-12(3-6-14)18(27)25-15-8-13(20)4-7-16(15)29-10-19(21,22)23/h2-8H,9-10H2,1H3,(H,25,27). The van der Waals surface area contributed by atoms with Crippen LogP contribution in [0, 0.1) is 6.92 Å². The molecule has 2 aromatic carbocycles. The highest BCUT2D eigenvalue weighted by molar-refractivity contribution is 6.31. The number of carbonyl (C=O) groups is 1. The van der Waals surface area contributed by atoms with Crippen molar-refractivity contribution in [2.75, 3.05) is 11.9 Å². The second-order valence-electron chi connectivity index (χ2n) is 6.04. The van der Waals surface area contributed by atoms with Crippen molar-refractivity contribution in [3.8, 4) is 11.5 Å². The summed E-state index contributed by atoms with van der Waals surface area (Å²) in [6.45, 7) is 0.248. The van der Waals surface area contributed by atoms with Crippen LogP contribution in [0.4, 0.5) is 18.9 Å². The lowest BCUT2D eigenvalue weighted by atomic mass is 10.2. The van der Waals surface area contributed by atoms with E-state index in [0.717, 1.165) is 0 Å². The number of carbonyl (C=O) groups excluding carboxylic acids is 1. The Balaban J connectivity index is 1.64. The average Bonchev–Trinajstić information content (AvgIpc) is 3.10. The summed E-state index contributed by atoms with van der Waals surface area (Å²) in [5, 5.41) is 6.42. The van der Waals surface area contributed by atoms with Crippen LogP contribution in [0.3, 0.4) is 0 Å². The van der Waals surface area contributed by atoms with Gasteiger partial charge in [0.2, 0.25) is 11.7 Å². The van der Waals surface area contributed by atoms with Crippen LogP contribution in [-0.4, -0.2) is 28.8 Å². The van der Waals surface area contributed by atoms with Crippen LogP contribution in [0.5, 0.6) is 11.5 Å². The molecule has 0 unspecified atom stereocenters. The molecule has 1 aromatic heterocycles. The largest absolute Gasteiger partial charge is 0.485 e. The van der Waals surface area contributed by atoms with E-state index in [0.29, 0.717) is 17.5 Å². The van der Waals surface area contributed by atoms with Crippen molar-refractivity contribution in [2.24, 2.45) is 0 Å². The van der Waals surface area contributed by atoms with Crippen molar-refractivity contribution in [1.29, 1.82) is 0 Å². The van der Waals surface area contributed by atoms with E-state index < -0.39 is 18.7 Å². The predicted octanol–water partition coefficient (Wildman–Crippen LogP) is 4.80. The molecular formula is C19H15ClF3N3O4. The van der Waals surface area contributed by atoms with Gasteiger partial charge < -0.3 is 19.3 Å². The van der Waals surface area contributed by atoms with Gasteiger partial charge in [-0.15, -0.1) is 0 Å². The number of nitrogens with zero attached hydrogens (tertiary/aromatic N) is 2. The Morgan fingerprint density at radius 1 is 1.17 bits per heavy atom. The Labute approximate surface area is 173 Å². The van der Waals surface area contributed by atoms with E-state index in [-0.39, 0.29) is 28.6 Å². The molecule has 158 valence electrons. The van der Waals surface area contributed by atoms with Gasteiger partial charge in [0, 0.05) is 17.5 Å². The molecule has 0 radical (unpaired) electrons. The normalized spacial score (nSPS) is 11.2. The predicted molar refractivity (Wildman–Crippen MR) is 101 cm³/mol. The molecule has 0 spiro atoms. The molecule has 30 heavy (non-hydrogen) atoms. The van der Waals surface area contributed by atoms with Gasteiger partial charge in [0.05, 0.1) is 5.69 Å². The van der Waals surface area contributed by atoms with Crippen LogP contribution < -0.4 is 14.8 Å². The van der Waals surface area contributed by atoms with Crippen molar-refractivity contribution in [2.45, 2.75) is 19.7 Å². The lowest BCUT2D eigenvalue weighted by Crippen LogP contribution is -2.20. The highest BCUT2D eigenvalue weighted by atomic mass is 35.5. The molecule has 0 bridgehead atoms. The van der Waals surface area contributed by atoms with E-state index in [4.69, 9.17) is 25.6 Å². The Morgan fingerprint density at radius 2 is 1.90 bits per heavy atom. The first-order valence-corrected chi connectivity index (χ1v) is 8.90. The van der Waals surface area contributed by atoms with Gasteiger partial charge in [-0.2, -0.15) is 18.2 Å². The topological polar surface area (TPSA) is 86.5 Å². The summed E-state index contributed by atoms with van der Waals surface area (Å²) in [6, 6.07) is 10.0. The van der Waals surface area contributed by atoms with Crippen molar-refractivity contribution in [3.63, 3.8) is 0 Å². The second kappa shape index (κ2) is 9.04. The van der Waals surface area contributed by atoms with Crippen LogP contribution >= 0.6 is 11.6 Å². The van der Waals surface area contributed by atoms with Crippen LogP contribution in [0.1, 0.15) is 22.1 Å². The first kappa shape index (κ1) is 21.4. The van der Waals surface area contributed by atoms with E-state index in [1.807, 2.05) is 0 Å². The van der Waals surface area contributed by atoms with Crippen LogP contribution in [0.2, 0.25) is 5.02 Å². The minimum atomic E-state index is -4.52. The van der Waals surface area contributed by atoms with Gasteiger partial charge in [-0.05, 0) is 42.5 Å². The summed E-state index contributed by atoms with van der Waals surface area (Å²) in [5.41, 5.74) is 0.268. The summed E-state index contributed by atoms with van der Waals surface area (Å²) in [7, 11) is 0. The van der Waals surface area contributed by atoms with Crippen molar-refractivity contribution >= 4 is 23.2 Å². The quantitative estimate of drug-likeness (QED) is 0.566. The minimum absolute atomic E-state index is 0.0181. The van der Waals surface area contributed by atoms with Crippen molar-refractivity contribution < 1.29 is 32.0 Å². The molecule has 0 saturated carbocycles. The lowest BCUT2D eigenvalue weighted by molar-refractivity contribution is -0.153. The summed E-state index contributed by atoms with van der Waals surface area (Å²) >= 11 is 5.88. The van der Waals surface area contributed by atoms with E-state index in [2.05, 4.69) is 15.5 Å². The summed E-state index contributed by atoms with van der Waals surface area (Å²) in [6.07, 6.45) is -4.52. The smallest absolute Gasteiger partial charge is 0.422 e. The molecule has 0 aliphatic carbocycles. The summed E-state index contributed by atoms with van der Waals surface area (Å²) in [4.78, 5) is 16.5. The van der Waals surface area contributed by atoms with Gasteiger partial charge in [0.25, 0.3) is 5.91 Å². The molecule has 7 nitrogen and oxygen atoms in total. The fourth-order valence-corrected chi connectivity index (χ4v) is 2.50. The van der Waals surface area contributed by atoms with Gasteiger partial charge >= 0.3 is 6.18 Å². The van der Waals surface area contributed by atoms with Crippen molar-refractivity contribution in [1.82, 2.24) is 10.1 Å². The van der Waals surface area contributed by atoms with Crippen LogP contribution in [0.25, 0.3) is 0 Å². The fourth-order valence-electron chi connectivity index (χ4n) is 2.33. The second-order valence-corrected chi connectivity index (χ2v) is 6.48. The zero-order valence-corrected chi connectivity index (χ0v) is 16.3. The number of benzene rings is 2. The summed E-state index contributed by atoms with van der Waals surface area (Å²) in [5.74, 6) is 0.544. The summed E-state index contributed by atoms with van der Waals surface area (Å²) < 4.78 is 52.4. The van der Waals surface area contributed by atoms with Gasteiger partial charge in [-0.25, -0.2) is 0 Å². The number of hydrogen-bond donors (Lipinski definition) is 1. The molecule has 3 aromatic rings. The number of anilines is 1. The van der Waals surface area contributed by atoms with E-state index >= 15 is 0 Å². The number of halogens is 4. The molecule has 1 N–H and O–H groups in total. The molecule has 0 saturated heterocycles. The van der Waals surface area contributed by atoms with Gasteiger partial charge in [-0.1, -0.05) is 16.8 Å². The van der Waals surface area contributed by atoms with E-state index in [1.165, 1.54) is 30.3 Å². The van der Waals surface area contributed by atoms with E-state index in [9.17, 15) is 18.0 Å². The molecule has 1 amide bonds. The fraction of sp³-hybridized carbons (Fsp3) is 0.211. The number of aryl methyl sites for hydroxylation is 1. The maximum atomic E-state index is 12.5. The minimum Gasteiger partial charge on any atom is -0.485 e. The first-order valence-electron chi connectivity index (χ1n) is 8.52. The molecule has 0 aliphatic rings. The zero-order valence-electron chi connectivity index (χ0n) is 15.5. The Kier molecular flexibility index (Phi) is 6.46. The molecule has 0 fully saturated rings. The molecule has 0 atom stereocenters. The number of aromatic nitrogens is 2. The number of ether oxygens (including phenoxy) is 2. The number of alkyl halides is 3. The highest BCUT2D eigenvalue weighted by Crippen LogP contribution is 2.30. The third-order valence-electron chi connectivity index (χ3n) is 3.64. The maximum Gasteiger partial charge on any atom is 0.422 e. The zero-order chi connectivity index (χ0) is 21.7. The maximum absolute atomic E-state index is 12.5. The van der Waals surface area contributed by atoms with Gasteiger partial charge in [0.1, 0.15) is 11.5 Å². The van der Waals surface area contributed by atoms with Crippen LogP contribution in [-0.2, 0) is 6.61 Å². The SMILES string of the molecule is Cc1nc(COc2ccc(C(=O)Nc3cc(Cl)ccc3OCC(F)(F)F)cc2)no1. The van der Waals surface area contributed by atoms with Crippen LogP contribution in [0.15, 0.2) is 47.0 Å². The highest BCUT2D eigenvalue weighted by Gasteiger charge is 2.29. The molecular weight excluding hydrogens is 427 g/mol. The van der Waals surface area contributed by atoms with E-state index in [1.54, 1.807) is 19.1 Å². The molecule has 0 aliphatic heterocycles. The number of nitrogens with one attached hydrogen (secondary N) is 1. The third-order valence-corrected chi connectivity index (χ3v) is 3.87. The molecule has 3 rings (SSSR count). The van der Waals surface area contributed by atoms with Gasteiger partial charge in [-0.3, -0.25) is 4.79 Å². The van der Waals surface area contributed by atoms with Gasteiger partial charge in [0.15, 0.2) is 13.2 Å². The lowest BCUT2D eigenvalue weighted by Gasteiger charge is -2.14. The monoisotopic (exact) mass is 441 g/mol. The molecule has 11 heteroatoms. The number of hydrogen-bond acceptors (Lipinski definition) is 6. The number of rotatable bonds is 7. The third kappa shape index (κ3) is 6.11. The Hall–Kier alpha value is -3.27. The first-order chi connectivity index (χ1) is 14.2. The number of amides is 1. The molecule has 1 heterocycles. The van der Waals surface area contributed by atoms with Crippen molar-refractivity contribution in [3.05, 3.63) is 64.8 Å². The average molecular weight is 442 g/mol. The Morgan fingerprint density at radius 3 is 2.53 bits per heavy atom.